The Morgan fingerprint density at radius 1 is 1.52 bits per heavy atom. The van der Waals surface area contributed by atoms with Crippen molar-refractivity contribution in [2.75, 3.05) is 6.61 Å². The van der Waals surface area contributed by atoms with Crippen molar-refractivity contribution >= 4 is 23.2 Å². The fourth-order valence-corrected chi connectivity index (χ4v) is 1.91. The highest BCUT2D eigenvalue weighted by molar-refractivity contribution is 6.30. The summed E-state index contributed by atoms with van der Waals surface area (Å²) < 4.78 is 5.37. The van der Waals surface area contributed by atoms with Crippen LogP contribution in [-0.4, -0.2) is 29.5 Å². The van der Waals surface area contributed by atoms with Gasteiger partial charge in [-0.3, -0.25) is 14.9 Å². The van der Waals surface area contributed by atoms with Crippen molar-refractivity contribution in [1.82, 2.24) is 5.32 Å². The molecule has 21 heavy (non-hydrogen) atoms. The second kappa shape index (κ2) is 7.80. The van der Waals surface area contributed by atoms with Crippen molar-refractivity contribution in [3.05, 3.63) is 33.3 Å². The van der Waals surface area contributed by atoms with Crippen LogP contribution < -0.4 is 15.8 Å². The van der Waals surface area contributed by atoms with E-state index in [4.69, 9.17) is 22.1 Å². The number of nitrogens with two attached hydrogens (primary N) is 1. The smallest absolute Gasteiger partial charge is 0.311 e. The summed E-state index contributed by atoms with van der Waals surface area (Å²) in [6.45, 7) is 3.88. The van der Waals surface area contributed by atoms with Crippen LogP contribution in [0.2, 0.25) is 5.02 Å². The lowest BCUT2D eigenvalue weighted by Crippen LogP contribution is -2.45. The average Bonchev–Trinajstić information content (AvgIpc) is 2.36. The molecule has 1 rings (SSSR count). The Hall–Kier alpha value is -1.86. The van der Waals surface area contributed by atoms with Gasteiger partial charge in [-0.15, -0.1) is 0 Å². The third-order valence-electron chi connectivity index (χ3n) is 2.66. The van der Waals surface area contributed by atoms with E-state index in [1.807, 2.05) is 13.8 Å². The van der Waals surface area contributed by atoms with Gasteiger partial charge in [-0.05, 0) is 6.07 Å². The topological polar surface area (TPSA) is 107 Å². The number of hydrogen-bond acceptors (Lipinski definition) is 5. The van der Waals surface area contributed by atoms with Crippen LogP contribution in [0.4, 0.5) is 5.69 Å². The van der Waals surface area contributed by atoms with Gasteiger partial charge in [0.1, 0.15) is 0 Å². The molecule has 0 radical (unpaired) electrons. The molecule has 0 aromatic heterocycles. The van der Waals surface area contributed by atoms with Crippen molar-refractivity contribution in [3.63, 3.8) is 0 Å². The van der Waals surface area contributed by atoms with Crippen molar-refractivity contribution in [1.29, 1.82) is 0 Å². The molecule has 1 aromatic rings. The summed E-state index contributed by atoms with van der Waals surface area (Å²) in [5.41, 5.74) is 5.11. The molecule has 0 aliphatic rings. The Balaban J connectivity index is 2.68. The molecule has 0 saturated heterocycles. The lowest BCUT2D eigenvalue weighted by atomic mass is 10.2. The first-order valence-corrected chi connectivity index (χ1v) is 6.81. The van der Waals surface area contributed by atoms with Gasteiger partial charge in [0.2, 0.25) is 5.91 Å². The predicted molar refractivity (Wildman–Crippen MR) is 79.5 cm³/mol. The number of nitrogens with zero attached hydrogens (tertiary/aromatic N) is 1. The molecule has 1 atom stereocenters. The van der Waals surface area contributed by atoms with Gasteiger partial charge in [0.15, 0.2) is 5.75 Å². The summed E-state index contributed by atoms with van der Waals surface area (Å²) >= 11 is 5.79. The summed E-state index contributed by atoms with van der Waals surface area (Å²) in [4.78, 5) is 21.6. The molecule has 8 heteroatoms. The van der Waals surface area contributed by atoms with E-state index in [-0.39, 0.29) is 24.1 Å². The van der Waals surface area contributed by atoms with Crippen LogP contribution in [0.25, 0.3) is 0 Å². The summed E-state index contributed by atoms with van der Waals surface area (Å²) in [6, 6.07) is 3.59. The number of carbonyl (C=O) groups is 1. The molecule has 3 N–H and O–H groups in total. The first kappa shape index (κ1) is 17.2. The Bertz CT molecular complexity index is 522. The Morgan fingerprint density at radius 3 is 2.71 bits per heavy atom. The van der Waals surface area contributed by atoms with Crippen LogP contribution in [-0.2, 0) is 4.79 Å². The van der Waals surface area contributed by atoms with E-state index in [0.717, 1.165) is 0 Å². The molecule has 1 unspecified atom stereocenters. The maximum Gasteiger partial charge on any atom is 0.311 e. The molecule has 0 saturated carbocycles. The number of nitrogens with one attached hydrogen (secondary N) is 1. The number of halogens is 1. The van der Waals surface area contributed by atoms with Crippen LogP contribution in [0.15, 0.2) is 18.2 Å². The second-order valence-electron chi connectivity index (χ2n) is 4.78. The number of ether oxygens (including phenoxy) is 1. The van der Waals surface area contributed by atoms with Gasteiger partial charge in [0, 0.05) is 29.6 Å². The molecular weight excluding hydrogens is 298 g/mol. The summed E-state index contributed by atoms with van der Waals surface area (Å²) in [6.07, 6.45) is 0.303. The van der Waals surface area contributed by atoms with Gasteiger partial charge in [-0.25, -0.2) is 0 Å². The number of rotatable bonds is 8. The minimum Gasteiger partial charge on any atom is -0.487 e. The summed E-state index contributed by atoms with van der Waals surface area (Å²) in [5, 5.41) is 14.2. The Morgan fingerprint density at radius 2 is 2.19 bits per heavy atom. The third kappa shape index (κ3) is 5.57. The first-order valence-electron chi connectivity index (χ1n) is 6.43. The molecule has 0 heterocycles. The fraction of sp³-hybridized carbons (Fsp3) is 0.462. The molecule has 0 aliphatic carbocycles. The van der Waals surface area contributed by atoms with Crippen LogP contribution in [0, 0.1) is 10.1 Å². The van der Waals surface area contributed by atoms with Gasteiger partial charge in [-0.2, -0.15) is 0 Å². The van der Waals surface area contributed by atoms with Crippen molar-refractivity contribution in [3.8, 4) is 5.75 Å². The minimum atomic E-state index is -0.553. The first-order chi connectivity index (χ1) is 9.81. The van der Waals surface area contributed by atoms with Gasteiger partial charge in [0.25, 0.3) is 0 Å². The molecule has 0 aliphatic heterocycles. The number of hydrogen-bond donors (Lipinski definition) is 2. The van der Waals surface area contributed by atoms with Crippen LogP contribution in [0.5, 0.6) is 5.75 Å². The molecule has 116 valence electrons. The van der Waals surface area contributed by atoms with E-state index < -0.39 is 16.9 Å². The molecule has 1 amide bonds. The maximum absolute atomic E-state index is 11.3. The number of nitro benzene ring substituents is 1. The number of carbonyl (C=O) groups excluding carboxylic acids is 1. The Kier molecular flexibility index (Phi) is 6.39. The van der Waals surface area contributed by atoms with E-state index in [1.54, 1.807) is 0 Å². The van der Waals surface area contributed by atoms with Gasteiger partial charge < -0.3 is 15.8 Å². The van der Waals surface area contributed by atoms with Gasteiger partial charge in [-0.1, -0.05) is 25.4 Å². The van der Waals surface area contributed by atoms with Gasteiger partial charge in [0.05, 0.1) is 17.6 Å². The highest BCUT2D eigenvalue weighted by Gasteiger charge is 2.18. The summed E-state index contributed by atoms with van der Waals surface area (Å²) in [7, 11) is 0. The predicted octanol–water partition coefficient (Wildman–Crippen LogP) is 1.87. The zero-order chi connectivity index (χ0) is 16.0. The van der Waals surface area contributed by atoms with Crippen molar-refractivity contribution in [2.24, 2.45) is 5.73 Å². The molecular formula is C13H18ClN3O4. The highest BCUT2D eigenvalue weighted by Crippen LogP contribution is 2.29. The lowest BCUT2D eigenvalue weighted by molar-refractivity contribution is -0.385. The monoisotopic (exact) mass is 315 g/mol. The molecule has 1 aromatic carbocycles. The zero-order valence-corrected chi connectivity index (χ0v) is 12.6. The Labute approximate surface area is 127 Å². The largest absolute Gasteiger partial charge is 0.487 e. The van der Waals surface area contributed by atoms with Crippen LogP contribution in [0.3, 0.4) is 0 Å². The molecule has 0 fully saturated rings. The van der Waals surface area contributed by atoms with E-state index in [2.05, 4.69) is 5.32 Å². The maximum atomic E-state index is 11.3. The average molecular weight is 316 g/mol. The summed E-state index contributed by atoms with van der Waals surface area (Å²) in [5.74, 6) is -0.423. The van der Waals surface area contributed by atoms with E-state index in [9.17, 15) is 14.9 Å². The standard InChI is InChI=1S/C13H18ClN3O4/c1-8(2)16-10(13(15)18)5-6-21-12-7-9(14)3-4-11(12)17(19)20/h3-4,7-8,10,16H,5-6H2,1-2H3,(H2,15,18). The number of benzene rings is 1. The van der Waals surface area contributed by atoms with Crippen LogP contribution in [0.1, 0.15) is 20.3 Å². The minimum absolute atomic E-state index is 0.0697. The number of amides is 1. The lowest BCUT2D eigenvalue weighted by Gasteiger charge is -2.18. The zero-order valence-electron chi connectivity index (χ0n) is 11.8. The normalized spacial score (nSPS) is 12.2. The fourth-order valence-electron chi connectivity index (χ4n) is 1.75. The quantitative estimate of drug-likeness (QED) is 0.562. The number of primary amides is 1. The third-order valence-corrected chi connectivity index (χ3v) is 2.90. The molecule has 0 spiro atoms. The number of nitro groups is 1. The molecule has 7 nitrogen and oxygen atoms in total. The second-order valence-corrected chi connectivity index (χ2v) is 5.22. The highest BCUT2D eigenvalue weighted by atomic mass is 35.5. The van der Waals surface area contributed by atoms with Crippen molar-refractivity contribution in [2.45, 2.75) is 32.4 Å². The van der Waals surface area contributed by atoms with Crippen molar-refractivity contribution < 1.29 is 14.5 Å². The van der Waals surface area contributed by atoms with E-state index >= 15 is 0 Å². The van der Waals surface area contributed by atoms with Gasteiger partial charge >= 0.3 is 5.69 Å². The van der Waals surface area contributed by atoms with E-state index in [0.29, 0.717) is 11.4 Å². The molecule has 0 bridgehead atoms. The van der Waals surface area contributed by atoms with E-state index in [1.165, 1.54) is 18.2 Å². The SMILES string of the molecule is CC(C)NC(CCOc1cc(Cl)ccc1[N+](=O)[O-])C(N)=O. The van der Waals surface area contributed by atoms with Crippen LogP contribution >= 0.6 is 11.6 Å².